The van der Waals surface area contributed by atoms with Crippen molar-refractivity contribution in [3.63, 3.8) is 0 Å². The van der Waals surface area contributed by atoms with Crippen molar-refractivity contribution in [1.82, 2.24) is 0 Å². The Kier molecular flexibility index (Phi) is 4.75. The Balaban J connectivity index is 1.83. The number of fused-ring (bicyclic) bond motifs is 1. The molecule has 0 bridgehead atoms. The molecule has 1 aliphatic rings. The van der Waals surface area contributed by atoms with Gasteiger partial charge in [0, 0.05) is 4.47 Å². The van der Waals surface area contributed by atoms with E-state index in [-0.39, 0.29) is 0 Å². The van der Waals surface area contributed by atoms with Crippen LogP contribution in [0, 0.1) is 0 Å². The lowest BCUT2D eigenvalue weighted by atomic mass is 9.99. The van der Waals surface area contributed by atoms with Crippen molar-refractivity contribution in [3.8, 4) is 5.75 Å². The molecule has 7 nitrogen and oxygen atoms in total. The summed E-state index contributed by atoms with van der Waals surface area (Å²) in [6.07, 6.45) is -8.13. The molecule has 1 fully saturated rings. The molecule has 2 aromatic carbocycles. The van der Waals surface area contributed by atoms with Gasteiger partial charge in [-0.15, -0.1) is 0 Å². The van der Waals surface area contributed by atoms with Gasteiger partial charge in [-0.05, 0) is 35.0 Å². The quantitative estimate of drug-likeness (QED) is 0.605. The first kappa shape index (κ1) is 17.1. The Hall–Kier alpha value is -1.71. The predicted molar refractivity (Wildman–Crippen MR) is 86.6 cm³/mol. The van der Waals surface area contributed by atoms with E-state index in [1.165, 1.54) is 0 Å². The second kappa shape index (κ2) is 6.66. The van der Waals surface area contributed by atoms with Gasteiger partial charge in [0.1, 0.15) is 24.1 Å². The summed E-state index contributed by atoms with van der Waals surface area (Å²) in [4.78, 5) is 11.1. The van der Waals surface area contributed by atoms with Crippen molar-refractivity contribution in [3.05, 3.63) is 40.9 Å². The van der Waals surface area contributed by atoms with Crippen LogP contribution in [-0.2, 0) is 9.53 Å². The van der Waals surface area contributed by atoms with E-state index in [2.05, 4.69) is 15.9 Å². The van der Waals surface area contributed by atoms with E-state index in [9.17, 15) is 20.1 Å². The number of carboxylic acid groups (broad SMARTS) is 1. The summed E-state index contributed by atoms with van der Waals surface area (Å²) in [5.74, 6) is -1.12. The summed E-state index contributed by atoms with van der Waals surface area (Å²) in [7, 11) is 0. The minimum Gasteiger partial charge on any atom is -0.479 e. The fourth-order valence-corrected chi connectivity index (χ4v) is 2.93. The van der Waals surface area contributed by atoms with E-state index >= 15 is 0 Å². The van der Waals surface area contributed by atoms with Crippen LogP contribution in [-0.4, -0.2) is 57.1 Å². The summed E-state index contributed by atoms with van der Waals surface area (Å²) >= 11 is 3.38. The number of ether oxygens (including phenoxy) is 2. The predicted octanol–water partition coefficient (Wildman–Crippen LogP) is 0.873. The number of aliphatic carboxylic acids is 1. The normalized spacial score (nSPS) is 30.2. The zero-order valence-corrected chi connectivity index (χ0v) is 13.8. The maximum Gasteiger partial charge on any atom is 0.335 e. The van der Waals surface area contributed by atoms with Crippen LogP contribution in [0.4, 0.5) is 0 Å². The molecule has 0 aromatic heterocycles. The smallest absolute Gasteiger partial charge is 0.335 e. The van der Waals surface area contributed by atoms with Crippen LogP contribution in [0.3, 0.4) is 0 Å². The number of aliphatic hydroxyl groups is 3. The van der Waals surface area contributed by atoms with Crippen molar-refractivity contribution >= 4 is 32.7 Å². The number of halogens is 1. The number of rotatable bonds is 3. The molecule has 128 valence electrons. The van der Waals surface area contributed by atoms with Gasteiger partial charge in [0.15, 0.2) is 6.10 Å². The van der Waals surface area contributed by atoms with Crippen LogP contribution in [0.15, 0.2) is 40.9 Å². The third-order valence-corrected chi connectivity index (χ3v) is 4.33. The molecule has 0 amide bonds. The number of benzene rings is 2. The highest BCUT2D eigenvalue weighted by Gasteiger charge is 2.48. The lowest BCUT2D eigenvalue weighted by molar-refractivity contribution is -0.271. The average molecular weight is 399 g/mol. The van der Waals surface area contributed by atoms with E-state index in [4.69, 9.17) is 14.6 Å². The molecule has 0 spiro atoms. The zero-order chi connectivity index (χ0) is 17.4. The molecule has 1 aliphatic heterocycles. The Morgan fingerprint density at radius 3 is 2.38 bits per heavy atom. The largest absolute Gasteiger partial charge is 0.479 e. The van der Waals surface area contributed by atoms with E-state index in [0.717, 1.165) is 15.2 Å². The van der Waals surface area contributed by atoms with Crippen LogP contribution < -0.4 is 4.74 Å². The van der Waals surface area contributed by atoms with Crippen LogP contribution in [0.25, 0.3) is 10.8 Å². The molecule has 0 radical (unpaired) electrons. The Bertz CT molecular complexity index is 765. The molecule has 4 N–H and O–H groups in total. The first-order valence-corrected chi connectivity index (χ1v) is 7.94. The highest BCUT2D eigenvalue weighted by molar-refractivity contribution is 9.10. The lowest BCUT2D eigenvalue weighted by Crippen LogP contribution is -2.61. The number of carboxylic acids is 1. The fourth-order valence-electron chi connectivity index (χ4n) is 2.55. The summed E-state index contributed by atoms with van der Waals surface area (Å²) in [6, 6.07) is 10.8. The van der Waals surface area contributed by atoms with Crippen molar-refractivity contribution < 1.29 is 34.7 Å². The van der Waals surface area contributed by atoms with E-state index in [0.29, 0.717) is 5.75 Å². The molecule has 0 unspecified atom stereocenters. The molecule has 0 saturated carbocycles. The van der Waals surface area contributed by atoms with Crippen LogP contribution in [0.5, 0.6) is 5.75 Å². The monoisotopic (exact) mass is 398 g/mol. The summed E-state index contributed by atoms with van der Waals surface area (Å²) < 4.78 is 11.5. The Labute approximate surface area is 145 Å². The average Bonchev–Trinajstić information content (AvgIpc) is 2.55. The molecule has 24 heavy (non-hydrogen) atoms. The van der Waals surface area contributed by atoms with Crippen molar-refractivity contribution in [1.29, 1.82) is 0 Å². The van der Waals surface area contributed by atoms with Gasteiger partial charge in [-0.2, -0.15) is 0 Å². The molecule has 2 aromatic rings. The fraction of sp³-hybridized carbons (Fsp3) is 0.312. The summed E-state index contributed by atoms with van der Waals surface area (Å²) in [5, 5.41) is 40.3. The highest BCUT2D eigenvalue weighted by Crippen LogP contribution is 2.28. The maximum atomic E-state index is 11.1. The van der Waals surface area contributed by atoms with Crippen LogP contribution >= 0.6 is 15.9 Å². The minimum absolute atomic E-state index is 0.335. The van der Waals surface area contributed by atoms with E-state index < -0.39 is 36.7 Å². The van der Waals surface area contributed by atoms with E-state index in [1.54, 1.807) is 18.2 Å². The van der Waals surface area contributed by atoms with Crippen LogP contribution in [0.2, 0.25) is 0 Å². The third-order valence-electron chi connectivity index (χ3n) is 3.84. The molecular weight excluding hydrogens is 384 g/mol. The molecule has 3 rings (SSSR count). The van der Waals surface area contributed by atoms with Crippen molar-refractivity contribution in [2.75, 3.05) is 0 Å². The van der Waals surface area contributed by atoms with Crippen molar-refractivity contribution in [2.24, 2.45) is 0 Å². The first-order chi connectivity index (χ1) is 11.4. The number of carbonyl (C=O) groups is 1. The molecular formula is C16H15BrO7. The second-order valence-electron chi connectivity index (χ2n) is 5.51. The van der Waals surface area contributed by atoms with Gasteiger partial charge in [0.25, 0.3) is 0 Å². The van der Waals surface area contributed by atoms with Gasteiger partial charge in [-0.1, -0.05) is 28.1 Å². The van der Waals surface area contributed by atoms with Gasteiger partial charge in [0.05, 0.1) is 0 Å². The van der Waals surface area contributed by atoms with Gasteiger partial charge >= 0.3 is 5.97 Å². The minimum atomic E-state index is -1.74. The Morgan fingerprint density at radius 2 is 1.67 bits per heavy atom. The Morgan fingerprint density at radius 1 is 1.00 bits per heavy atom. The van der Waals surface area contributed by atoms with Gasteiger partial charge < -0.3 is 29.9 Å². The number of hydrogen-bond donors (Lipinski definition) is 4. The third kappa shape index (κ3) is 3.24. The lowest BCUT2D eigenvalue weighted by Gasteiger charge is -2.38. The SMILES string of the molecule is O=C(O)[C@@H]1O[C@H](Oc2ccc3cc(Br)ccc3c2)[C@@H](O)[C@H](O)[C@H]1O. The van der Waals surface area contributed by atoms with Crippen molar-refractivity contribution in [2.45, 2.75) is 30.7 Å². The first-order valence-electron chi connectivity index (χ1n) is 7.15. The maximum absolute atomic E-state index is 11.1. The number of hydrogen-bond acceptors (Lipinski definition) is 6. The van der Waals surface area contributed by atoms with Gasteiger partial charge in [0.2, 0.25) is 6.29 Å². The topological polar surface area (TPSA) is 116 Å². The van der Waals surface area contributed by atoms with E-state index in [1.807, 2.05) is 18.2 Å². The second-order valence-corrected chi connectivity index (χ2v) is 6.42. The summed E-state index contributed by atoms with van der Waals surface area (Å²) in [5.41, 5.74) is 0. The molecule has 5 atom stereocenters. The summed E-state index contributed by atoms with van der Waals surface area (Å²) in [6.45, 7) is 0. The van der Waals surface area contributed by atoms with Crippen LogP contribution in [0.1, 0.15) is 0 Å². The standard InChI is InChI=1S/C16H15BrO7/c17-9-3-1-8-6-10(4-2-7(8)5-9)23-16-13(20)11(18)12(19)14(24-16)15(21)22/h1-6,11-14,16,18-20H,(H,21,22)/t11-,12-,13+,14-,16+/m1/s1. The van der Waals surface area contributed by atoms with Gasteiger partial charge in [-0.3, -0.25) is 0 Å². The number of aliphatic hydroxyl groups excluding tert-OH is 3. The molecule has 0 aliphatic carbocycles. The van der Waals surface area contributed by atoms with Gasteiger partial charge in [-0.25, -0.2) is 4.79 Å². The zero-order valence-electron chi connectivity index (χ0n) is 12.2. The highest BCUT2D eigenvalue weighted by atomic mass is 79.9. The molecule has 1 saturated heterocycles. The molecule has 1 heterocycles. The molecule has 8 heteroatoms.